The third kappa shape index (κ3) is 4.34. The fraction of sp³-hybridized carbons (Fsp3) is 0.538. The van der Waals surface area contributed by atoms with Gasteiger partial charge in [-0.3, -0.25) is 0 Å². The number of hydrogen-bond acceptors (Lipinski definition) is 2. The van der Waals surface area contributed by atoms with Gasteiger partial charge in [-0.2, -0.15) is 0 Å². The van der Waals surface area contributed by atoms with Crippen LogP contribution in [0.2, 0.25) is 0 Å². The minimum atomic E-state index is 0.234. The average molecular weight is 207 g/mol. The number of hydrogen-bond donors (Lipinski definition) is 1. The van der Waals surface area contributed by atoms with Gasteiger partial charge < -0.3 is 10.1 Å². The Bertz CT molecular complexity index is 284. The molecule has 0 unspecified atom stereocenters. The second kappa shape index (κ2) is 6.46. The van der Waals surface area contributed by atoms with Crippen LogP contribution in [0.25, 0.3) is 0 Å². The Balaban J connectivity index is 2.60. The quantitative estimate of drug-likeness (QED) is 0.724. The standard InChI is InChI=1S/C13H21NO/c1-4-9-14-10-12-7-5-6-8-13(12)15-11(2)3/h5-8,11,14H,4,9-10H2,1-3H3. The molecule has 15 heavy (non-hydrogen) atoms. The van der Waals surface area contributed by atoms with Gasteiger partial charge in [-0.05, 0) is 32.9 Å². The molecule has 0 aromatic heterocycles. The van der Waals surface area contributed by atoms with E-state index in [1.807, 2.05) is 12.1 Å². The van der Waals surface area contributed by atoms with Crippen LogP contribution >= 0.6 is 0 Å². The van der Waals surface area contributed by atoms with E-state index in [2.05, 4.69) is 38.2 Å². The van der Waals surface area contributed by atoms with Crippen molar-refractivity contribution in [2.45, 2.75) is 39.8 Å². The highest BCUT2D eigenvalue weighted by molar-refractivity contribution is 5.33. The van der Waals surface area contributed by atoms with Crippen molar-refractivity contribution >= 4 is 0 Å². The highest BCUT2D eigenvalue weighted by Gasteiger charge is 2.03. The van der Waals surface area contributed by atoms with Gasteiger partial charge in [0.1, 0.15) is 5.75 Å². The monoisotopic (exact) mass is 207 g/mol. The zero-order valence-corrected chi connectivity index (χ0v) is 9.92. The molecule has 0 bridgehead atoms. The van der Waals surface area contributed by atoms with Gasteiger partial charge in [-0.25, -0.2) is 0 Å². The summed E-state index contributed by atoms with van der Waals surface area (Å²) in [5.41, 5.74) is 1.24. The van der Waals surface area contributed by atoms with Crippen molar-refractivity contribution in [3.05, 3.63) is 29.8 Å². The molecule has 2 heteroatoms. The van der Waals surface area contributed by atoms with Crippen LogP contribution in [0.15, 0.2) is 24.3 Å². The predicted octanol–water partition coefficient (Wildman–Crippen LogP) is 2.97. The van der Waals surface area contributed by atoms with Crippen molar-refractivity contribution in [3.63, 3.8) is 0 Å². The lowest BCUT2D eigenvalue weighted by molar-refractivity contribution is 0.239. The first-order chi connectivity index (χ1) is 7.24. The predicted molar refractivity (Wildman–Crippen MR) is 64.2 cm³/mol. The first-order valence-corrected chi connectivity index (χ1v) is 5.69. The van der Waals surface area contributed by atoms with Crippen molar-refractivity contribution < 1.29 is 4.74 Å². The van der Waals surface area contributed by atoms with Crippen molar-refractivity contribution in [2.75, 3.05) is 6.54 Å². The second-order valence-corrected chi connectivity index (χ2v) is 3.95. The van der Waals surface area contributed by atoms with Crippen molar-refractivity contribution in [1.82, 2.24) is 5.32 Å². The molecular weight excluding hydrogens is 186 g/mol. The number of nitrogens with one attached hydrogen (secondary N) is 1. The van der Waals surface area contributed by atoms with E-state index in [9.17, 15) is 0 Å². The fourth-order valence-electron chi connectivity index (χ4n) is 1.42. The molecule has 1 rings (SSSR count). The third-order valence-electron chi connectivity index (χ3n) is 2.08. The Morgan fingerprint density at radius 3 is 2.67 bits per heavy atom. The number of benzene rings is 1. The summed E-state index contributed by atoms with van der Waals surface area (Å²) in [6.07, 6.45) is 1.39. The normalized spacial score (nSPS) is 10.7. The molecule has 0 saturated carbocycles. The van der Waals surface area contributed by atoms with E-state index in [4.69, 9.17) is 4.74 Å². The van der Waals surface area contributed by atoms with Crippen LogP contribution < -0.4 is 10.1 Å². The Hall–Kier alpha value is -1.02. The summed E-state index contributed by atoms with van der Waals surface area (Å²) in [7, 11) is 0. The van der Waals surface area contributed by atoms with Crippen LogP contribution in [0.5, 0.6) is 5.75 Å². The van der Waals surface area contributed by atoms with Crippen LogP contribution in [-0.2, 0) is 6.54 Å². The van der Waals surface area contributed by atoms with Crippen molar-refractivity contribution in [3.8, 4) is 5.75 Å². The summed E-state index contributed by atoms with van der Waals surface area (Å²) >= 11 is 0. The van der Waals surface area contributed by atoms with Crippen molar-refractivity contribution in [1.29, 1.82) is 0 Å². The number of rotatable bonds is 6. The van der Waals surface area contributed by atoms with Crippen LogP contribution in [0, 0.1) is 0 Å². The zero-order chi connectivity index (χ0) is 11.1. The minimum absolute atomic E-state index is 0.234. The summed E-state index contributed by atoms with van der Waals surface area (Å²) in [5.74, 6) is 0.996. The van der Waals surface area contributed by atoms with Crippen molar-refractivity contribution in [2.24, 2.45) is 0 Å². The lowest BCUT2D eigenvalue weighted by atomic mass is 10.2. The molecule has 0 heterocycles. The number of para-hydroxylation sites is 1. The summed E-state index contributed by atoms with van der Waals surface area (Å²) in [6, 6.07) is 8.21. The highest BCUT2D eigenvalue weighted by atomic mass is 16.5. The van der Waals surface area contributed by atoms with Crippen LogP contribution in [0.4, 0.5) is 0 Å². The van der Waals surface area contributed by atoms with E-state index in [1.165, 1.54) is 5.56 Å². The summed E-state index contributed by atoms with van der Waals surface area (Å²) in [5, 5.41) is 3.38. The fourth-order valence-corrected chi connectivity index (χ4v) is 1.42. The van der Waals surface area contributed by atoms with E-state index in [0.717, 1.165) is 25.3 Å². The molecule has 2 nitrogen and oxygen atoms in total. The molecule has 0 aliphatic heterocycles. The largest absolute Gasteiger partial charge is 0.491 e. The third-order valence-corrected chi connectivity index (χ3v) is 2.08. The van der Waals surface area contributed by atoms with Gasteiger partial charge in [-0.15, -0.1) is 0 Å². The molecule has 0 radical (unpaired) electrons. The average Bonchev–Trinajstić information content (AvgIpc) is 2.20. The number of ether oxygens (including phenoxy) is 1. The Labute approximate surface area is 92.6 Å². The van der Waals surface area contributed by atoms with Crippen LogP contribution in [0.3, 0.4) is 0 Å². The van der Waals surface area contributed by atoms with Gasteiger partial charge in [-0.1, -0.05) is 25.1 Å². The summed E-state index contributed by atoms with van der Waals surface area (Å²) in [6.45, 7) is 8.21. The Kier molecular flexibility index (Phi) is 5.19. The van der Waals surface area contributed by atoms with E-state index in [0.29, 0.717) is 0 Å². The molecular formula is C13H21NO. The van der Waals surface area contributed by atoms with E-state index >= 15 is 0 Å². The van der Waals surface area contributed by atoms with Gasteiger partial charge in [0.25, 0.3) is 0 Å². The minimum Gasteiger partial charge on any atom is -0.491 e. The van der Waals surface area contributed by atoms with Gasteiger partial charge in [0.2, 0.25) is 0 Å². The molecule has 0 atom stereocenters. The molecule has 84 valence electrons. The highest BCUT2D eigenvalue weighted by Crippen LogP contribution is 2.18. The molecule has 1 N–H and O–H groups in total. The summed E-state index contributed by atoms with van der Waals surface area (Å²) in [4.78, 5) is 0. The first kappa shape index (κ1) is 12.1. The van der Waals surface area contributed by atoms with E-state index in [-0.39, 0.29) is 6.10 Å². The Morgan fingerprint density at radius 1 is 1.27 bits per heavy atom. The summed E-state index contributed by atoms with van der Waals surface area (Å²) < 4.78 is 5.74. The zero-order valence-electron chi connectivity index (χ0n) is 9.92. The molecule has 0 aliphatic rings. The molecule has 0 fully saturated rings. The van der Waals surface area contributed by atoms with Crippen LogP contribution in [0.1, 0.15) is 32.8 Å². The lowest BCUT2D eigenvalue weighted by Crippen LogP contribution is -2.15. The Morgan fingerprint density at radius 2 is 2.00 bits per heavy atom. The maximum absolute atomic E-state index is 5.74. The maximum Gasteiger partial charge on any atom is 0.124 e. The molecule has 1 aromatic rings. The van der Waals surface area contributed by atoms with Crippen LogP contribution in [-0.4, -0.2) is 12.6 Å². The molecule has 0 amide bonds. The lowest BCUT2D eigenvalue weighted by Gasteiger charge is -2.14. The second-order valence-electron chi connectivity index (χ2n) is 3.95. The van der Waals surface area contributed by atoms with E-state index < -0.39 is 0 Å². The molecule has 0 aliphatic carbocycles. The topological polar surface area (TPSA) is 21.3 Å². The van der Waals surface area contributed by atoms with Gasteiger partial charge >= 0.3 is 0 Å². The van der Waals surface area contributed by atoms with E-state index in [1.54, 1.807) is 0 Å². The molecule has 0 spiro atoms. The van der Waals surface area contributed by atoms with Gasteiger partial charge in [0.05, 0.1) is 6.10 Å². The SMILES string of the molecule is CCCNCc1ccccc1OC(C)C. The van der Waals surface area contributed by atoms with Gasteiger partial charge in [0.15, 0.2) is 0 Å². The molecule has 1 aromatic carbocycles. The first-order valence-electron chi connectivity index (χ1n) is 5.69. The van der Waals surface area contributed by atoms with Gasteiger partial charge in [0, 0.05) is 12.1 Å². The maximum atomic E-state index is 5.74. The smallest absolute Gasteiger partial charge is 0.124 e. The molecule has 0 saturated heterocycles.